The van der Waals surface area contributed by atoms with Crippen molar-refractivity contribution in [3.8, 4) is 0 Å². The summed E-state index contributed by atoms with van der Waals surface area (Å²) in [7, 11) is -3.03. The first-order valence-electron chi connectivity index (χ1n) is 6.01. The van der Waals surface area contributed by atoms with Crippen molar-refractivity contribution in [2.45, 2.75) is 32.7 Å². The van der Waals surface area contributed by atoms with Gasteiger partial charge in [-0.2, -0.15) is 0 Å². The zero-order valence-electron chi connectivity index (χ0n) is 11.6. The third-order valence-electron chi connectivity index (χ3n) is 2.35. The molecular weight excluding hydrogens is 266 g/mol. The van der Waals surface area contributed by atoms with Crippen LogP contribution in [-0.2, 0) is 9.84 Å². The van der Waals surface area contributed by atoms with Crippen LogP contribution in [0.25, 0.3) is 0 Å². The molecule has 1 rings (SSSR count). The molecule has 0 saturated heterocycles. The van der Waals surface area contributed by atoms with E-state index in [0.29, 0.717) is 17.5 Å². The molecule has 1 aromatic heterocycles. The third kappa shape index (κ3) is 5.39. The minimum atomic E-state index is -3.03. The van der Waals surface area contributed by atoms with E-state index in [1.165, 1.54) is 6.26 Å². The van der Waals surface area contributed by atoms with Crippen molar-refractivity contribution in [3.63, 3.8) is 0 Å². The fourth-order valence-electron chi connectivity index (χ4n) is 1.62. The largest absolute Gasteiger partial charge is 0.366 e. The lowest BCUT2D eigenvalue weighted by molar-refractivity contribution is 0.598. The molecule has 1 atom stereocenters. The van der Waals surface area contributed by atoms with Crippen molar-refractivity contribution in [2.75, 3.05) is 22.8 Å². The summed E-state index contributed by atoms with van der Waals surface area (Å²) in [6.45, 7) is 5.73. The molecule has 0 fully saturated rings. The molecule has 0 saturated carbocycles. The first-order valence-corrected chi connectivity index (χ1v) is 8.07. The monoisotopic (exact) mass is 287 g/mol. The number of nitrogens with zero attached hydrogens (tertiary/aromatic N) is 2. The Kier molecular flexibility index (Phi) is 5.07. The van der Waals surface area contributed by atoms with Gasteiger partial charge in [-0.3, -0.25) is 0 Å². The molecule has 19 heavy (non-hydrogen) atoms. The number of aromatic nitrogens is 2. The zero-order chi connectivity index (χ0) is 14.6. The van der Waals surface area contributed by atoms with Crippen molar-refractivity contribution in [1.82, 2.24) is 9.97 Å². The van der Waals surface area contributed by atoms with Gasteiger partial charge in [0.05, 0.1) is 5.75 Å². The van der Waals surface area contributed by atoms with E-state index in [1.54, 1.807) is 13.0 Å². The van der Waals surface area contributed by atoms with Gasteiger partial charge in [0.1, 0.15) is 27.3 Å². The smallest absolute Gasteiger partial charge is 0.149 e. The molecule has 8 heteroatoms. The van der Waals surface area contributed by atoms with Gasteiger partial charge in [0.15, 0.2) is 0 Å². The lowest BCUT2D eigenvalue weighted by Crippen LogP contribution is -2.26. The SMILES string of the molecule is CC(CS(C)(=O)=O)Nc1cc(NN)nc(C(C)C)n1. The summed E-state index contributed by atoms with van der Waals surface area (Å²) in [6.07, 6.45) is 1.21. The summed E-state index contributed by atoms with van der Waals surface area (Å²) < 4.78 is 22.5. The number of nitrogens with one attached hydrogen (secondary N) is 2. The predicted octanol–water partition coefficient (Wildman–Crippen LogP) is 0.731. The van der Waals surface area contributed by atoms with Crippen LogP contribution in [0.3, 0.4) is 0 Å². The zero-order valence-corrected chi connectivity index (χ0v) is 12.5. The van der Waals surface area contributed by atoms with E-state index in [2.05, 4.69) is 20.7 Å². The number of nitrogens with two attached hydrogens (primary N) is 1. The first-order chi connectivity index (χ1) is 8.71. The molecule has 1 unspecified atom stereocenters. The first kappa shape index (κ1) is 15.6. The Balaban J connectivity index is 2.91. The van der Waals surface area contributed by atoms with Crippen LogP contribution in [0.4, 0.5) is 11.6 Å². The van der Waals surface area contributed by atoms with Crippen molar-refractivity contribution >= 4 is 21.5 Å². The maximum absolute atomic E-state index is 11.2. The molecular formula is C11H21N5O2S. The molecule has 0 aliphatic heterocycles. The predicted molar refractivity (Wildman–Crippen MR) is 76.7 cm³/mol. The number of hydrogen-bond donors (Lipinski definition) is 3. The minimum absolute atomic E-state index is 0.0411. The third-order valence-corrected chi connectivity index (χ3v) is 3.46. The van der Waals surface area contributed by atoms with Gasteiger partial charge in [0.2, 0.25) is 0 Å². The molecule has 0 bridgehead atoms. The Labute approximate surface area is 113 Å². The number of nitrogen functional groups attached to an aromatic ring is 1. The van der Waals surface area contributed by atoms with Gasteiger partial charge >= 0.3 is 0 Å². The summed E-state index contributed by atoms with van der Waals surface area (Å²) in [5, 5.41) is 3.04. The second-order valence-electron chi connectivity index (χ2n) is 4.93. The molecule has 0 aliphatic carbocycles. The quantitative estimate of drug-likeness (QED) is 0.522. The molecule has 4 N–H and O–H groups in total. The van der Waals surface area contributed by atoms with E-state index in [-0.39, 0.29) is 17.7 Å². The van der Waals surface area contributed by atoms with Gasteiger partial charge in [-0.05, 0) is 6.92 Å². The Bertz CT molecular complexity index is 530. The van der Waals surface area contributed by atoms with Gasteiger partial charge in [-0.15, -0.1) is 0 Å². The molecule has 0 spiro atoms. The summed E-state index contributed by atoms with van der Waals surface area (Å²) >= 11 is 0. The van der Waals surface area contributed by atoms with E-state index in [9.17, 15) is 8.42 Å². The van der Waals surface area contributed by atoms with Crippen molar-refractivity contribution in [2.24, 2.45) is 5.84 Å². The van der Waals surface area contributed by atoms with E-state index in [0.717, 1.165) is 0 Å². The minimum Gasteiger partial charge on any atom is -0.366 e. The van der Waals surface area contributed by atoms with Gasteiger partial charge < -0.3 is 10.7 Å². The van der Waals surface area contributed by atoms with E-state index in [1.807, 2.05) is 13.8 Å². The molecule has 108 valence electrons. The molecule has 0 aromatic carbocycles. The molecule has 1 heterocycles. The van der Waals surface area contributed by atoms with Crippen LogP contribution in [0.5, 0.6) is 0 Å². The summed E-state index contributed by atoms with van der Waals surface area (Å²) in [5.41, 5.74) is 2.47. The summed E-state index contributed by atoms with van der Waals surface area (Å²) in [4.78, 5) is 8.57. The highest BCUT2D eigenvalue weighted by Crippen LogP contribution is 2.17. The second kappa shape index (κ2) is 6.16. The van der Waals surface area contributed by atoms with Crippen LogP contribution in [0.15, 0.2) is 6.07 Å². The lowest BCUT2D eigenvalue weighted by Gasteiger charge is -2.15. The topological polar surface area (TPSA) is 110 Å². The van der Waals surface area contributed by atoms with Gasteiger partial charge in [-0.1, -0.05) is 13.8 Å². The van der Waals surface area contributed by atoms with E-state index >= 15 is 0 Å². The maximum atomic E-state index is 11.2. The van der Waals surface area contributed by atoms with Gasteiger partial charge in [0.25, 0.3) is 0 Å². The van der Waals surface area contributed by atoms with Gasteiger partial charge in [0, 0.05) is 24.3 Å². The Morgan fingerprint density at radius 3 is 2.32 bits per heavy atom. The number of anilines is 2. The summed E-state index contributed by atoms with van der Waals surface area (Å²) in [5.74, 6) is 7.24. The number of rotatable bonds is 6. The molecule has 0 radical (unpaired) electrons. The van der Waals surface area contributed by atoms with Gasteiger partial charge in [-0.25, -0.2) is 24.2 Å². The van der Waals surface area contributed by atoms with E-state index in [4.69, 9.17) is 5.84 Å². The average molecular weight is 287 g/mol. The van der Waals surface area contributed by atoms with Crippen LogP contribution in [0.2, 0.25) is 0 Å². The normalized spacial score (nSPS) is 13.4. The highest BCUT2D eigenvalue weighted by atomic mass is 32.2. The van der Waals surface area contributed by atoms with E-state index < -0.39 is 9.84 Å². The average Bonchev–Trinajstić information content (AvgIpc) is 2.25. The molecule has 1 aromatic rings. The summed E-state index contributed by atoms with van der Waals surface area (Å²) in [6, 6.07) is 1.40. The molecule has 0 aliphatic rings. The van der Waals surface area contributed by atoms with Crippen LogP contribution < -0.4 is 16.6 Å². The standard InChI is InChI=1S/C11H21N5O2S/c1-7(2)11-14-9(5-10(15-11)16-12)13-8(3)6-19(4,17)18/h5,7-8H,6,12H2,1-4H3,(H2,13,14,15,16). The van der Waals surface area contributed by atoms with Crippen molar-refractivity contribution in [3.05, 3.63) is 11.9 Å². The fraction of sp³-hybridized carbons (Fsp3) is 0.636. The fourth-order valence-corrected chi connectivity index (χ4v) is 2.61. The van der Waals surface area contributed by atoms with Crippen molar-refractivity contribution in [1.29, 1.82) is 0 Å². The van der Waals surface area contributed by atoms with Crippen LogP contribution in [-0.4, -0.2) is 36.4 Å². The molecule has 0 amide bonds. The van der Waals surface area contributed by atoms with Crippen LogP contribution in [0, 0.1) is 0 Å². The Hall–Kier alpha value is -1.41. The Morgan fingerprint density at radius 1 is 1.26 bits per heavy atom. The second-order valence-corrected chi connectivity index (χ2v) is 7.12. The highest BCUT2D eigenvalue weighted by molar-refractivity contribution is 7.90. The number of hydrazine groups is 1. The van der Waals surface area contributed by atoms with Crippen LogP contribution in [0.1, 0.15) is 32.5 Å². The van der Waals surface area contributed by atoms with Crippen LogP contribution >= 0.6 is 0 Å². The highest BCUT2D eigenvalue weighted by Gasteiger charge is 2.13. The molecule has 7 nitrogen and oxygen atoms in total. The Morgan fingerprint density at radius 2 is 1.84 bits per heavy atom. The maximum Gasteiger partial charge on any atom is 0.149 e. The van der Waals surface area contributed by atoms with Crippen molar-refractivity contribution < 1.29 is 8.42 Å². The lowest BCUT2D eigenvalue weighted by atomic mass is 10.2. The number of sulfone groups is 1. The number of hydrogen-bond acceptors (Lipinski definition) is 7.